The fraction of sp³-hybridized carbons (Fsp3) is 0.625. The standard InChI is InChI=1S/C16H25N7O/c1-10(7-13-8-11(2)19-20-13)18-16(24)15-9-23(22-21-15)14-5-3-12(17)4-6-14/h8-10,12,14H,3-7,17H2,1-2H3,(H,18,24)(H,19,20). The van der Waals surface area contributed by atoms with Crippen LogP contribution in [0.15, 0.2) is 12.3 Å². The quantitative estimate of drug-likeness (QED) is 0.759. The molecule has 2 aromatic rings. The highest BCUT2D eigenvalue weighted by atomic mass is 16.2. The van der Waals surface area contributed by atoms with E-state index in [9.17, 15) is 4.79 Å². The largest absolute Gasteiger partial charge is 0.348 e. The molecule has 1 fully saturated rings. The molecule has 0 spiro atoms. The first kappa shape index (κ1) is 16.6. The van der Waals surface area contributed by atoms with E-state index in [1.807, 2.05) is 24.6 Å². The van der Waals surface area contributed by atoms with E-state index in [4.69, 9.17) is 5.73 Å². The van der Waals surface area contributed by atoms with Crippen molar-refractivity contribution in [2.24, 2.45) is 5.73 Å². The molecule has 1 unspecified atom stereocenters. The Morgan fingerprint density at radius 3 is 2.88 bits per heavy atom. The van der Waals surface area contributed by atoms with Crippen molar-refractivity contribution in [3.05, 3.63) is 29.3 Å². The second kappa shape index (κ2) is 7.12. The normalized spacial score (nSPS) is 22.3. The summed E-state index contributed by atoms with van der Waals surface area (Å²) >= 11 is 0. The van der Waals surface area contributed by atoms with Gasteiger partial charge in [-0.05, 0) is 45.6 Å². The highest BCUT2D eigenvalue weighted by Gasteiger charge is 2.22. The van der Waals surface area contributed by atoms with Gasteiger partial charge in [-0.1, -0.05) is 5.21 Å². The first-order valence-corrected chi connectivity index (χ1v) is 8.50. The molecule has 4 N–H and O–H groups in total. The fourth-order valence-corrected chi connectivity index (χ4v) is 3.17. The molecule has 1 atom stereocenters. The van der Waals surface area contributed by atoms with Crippen LogP contribution >= 0.6 is 0 Å². The summed E-state index contributed by atoms with van der Waals surface area (Å²) in [4.78, 5) is 12.3. The average Bonchev–Trinajstić information content (AvgIpc) is 3.17. The maximum Gasteiger partial charge on any atom is 0.273 e. The van der Waals surface area contributed by atoms with E-state index in [0.29, 0.717) is 24.2 Å². The molecular weight excluding hydrogens is 306 g/mol. The lowest BCUT2D eigenvalue weighted by molar-refractivity contribution is 0.0935. The third-order valence-corrected chi connectivity index (χ3v) is 4.51. The van der Waals surface area contributed by atoms with Crippen molar-refractivity contribution in [3.8, 4) is 0 Å². The SMILES string of the molecule is Cc1cc(CC(C)NC(=O)c2cn(C3CCC(N)CC3)nn2)n[nH]1. The summed E-state index contributed by atoms with van der Waals surface area (Å²) < 4.78 is 1.81. The molecule has 1 aliphatic carbocycles. The maximum atomic E-state index is 12.3. The molecule has 2 heterocycles. The Balaban J connectivity index is 1.55. The van der Waals surface area contributed by atoms with E-state index in [-0.39, 0.29) is 11.9 Å². The van der Waals surface area contributed by atoms with Crippen molar-refractivity contribution in [3.63, 3.8) is 0 Å². The Labute approximate surface area is 141 Å². The molecule has 1 aliphatic rings. The number of aryl methyl sites for hydroxylation is 1. The minimum atomic E-state index is -0.200. The number of amides is 1. The lowest BCUT2D eigenvalue weighted by Gasteiger charge is -2.25. The van der Waals surface area contributed by atoms with Crippen LogP contribution < -0.4 is 11.1 Å². The summed E-state index contributed by atoms with van der Waals surface area (Å²) in [5, 5.41) is 18.2. The highest BCUT2D eigenvalue weighted by molar-refractivity contribution is 5.92. The summed E-state index contributed by atoms with van der Waals surface area (Å²) in [7, 11) is 0. The molecular formula is C16H25N7O. The molecule has 0 saturated heterocycles. The summed E-state index contributed by atoms with van der Waals surface area (Å²) in [6.45, 7) is 3.91. The minimum Gasteiger partial charge on any atom is -0.348 e. The number of carbonyl (C=O) groups is 1. The Morgan fingerprint density at radius 2 is 2.21 bits per heavy atom. The summed E-state index contributed by atoms with van der Waals surface area (Å²) in [6.07, 6.45) is 6.37. The second-order valence-corrected chi connectivity index (χ2v) is 6.77. The Hall–Kier alpha value is -2.22. The third kappa shape index (κ3) is 4.00. The van der Waals surface area contributed by atoms with Gasteiger partial charge in [-0.25, -0.2) is 4.68 Å². The Kier molecular flexibility index (Phi) is 4.94. The van der Waals surface area contributed by atoms with Crippen molar-refractivity contribution in [1.82, 2.24) is 30.5 Å². The van der Waals surface area contributed by atoms with Crippen molar-refractivity contribution in [2.45, 2.75) is 64.1 Å². The van der Waals surface area contributed by atoms with Crippen LogP contribution in [0.3, 0.4) is 0 Å². The zero-order valence-electron chi connectivity index (χ0n) is 14.2. The fourth-order valence-electron chi connectivity index (χ4n) is 3.17. The topological polar surface area (TPSA) is 115 Å². The van der Waals surface area contributed by atoms with Crippen LogP contribution in [-0.4, -0.2) is 43.2 Å². The molecule has 0 aromatic carbocycles. The van der Waals surface area contributed by atoms with Gasteiger partial charge in [0, 0.05) is 24.2 Å². The average molecular weight is 331 g/mol. The van der Waals surface area contributed by atoms with Crippen LogP contribution in [0.1, 0.15) is 60.5 Å². The Bertz CT molecular complexity index is 684. The molecule has 1 amide bonds. The number of carbonyl (C=O) groups excluding carboxylic acids is 1. The zero-order chi connectivity index (χ0) is 17.1. The summed E-state index contributed by atoms with van der Waals surface area (Å²) in [5.74, 6) is -0.200. The van der Waals surface area contributed by atoms with Gasteiger partial charge in [0.2, 0.25) is 0 Å². The van der Waals surface area contributed by atoms with Crippen molar-refractivity contribution in [2.75, 3.05) is 0 Å². The molecule has 0 aliphatic heterocycles. The number of nitrogens with two attached hydrogens (primary N) is 1. The maximum absolute atomic E-state index is 12.3. The van der Waals surface area contributed by atoms with Gasteiger partial charge < -0.3 is 11.1 Å². The number of hydrogen-bond acceptors (Lipinski definition) is 5. The van der Waals surface area contributed by atoms with E-state index in [2.05, 4.69) is 25.8 Å². The summed E-state index contributed by atoms with van der Waals surface area (Å²) in [5.41, 5.74) is 8.23. The number of H-pyrrole nitrogens is 1. The van der Waals surface area contributed by atoms with E-state index in [1.54, 1.807) is 6.20 Å². The van der Waals surface area contributed by atoms with Gasteiger partial charge in [0.05, 0.1) is 17.9 Å². The molecule has 3 rings (SSSR count). The molecule has 0 bridgehead atoms. The Morgan fingerprint density at radius 1 is 1.46 bits per heavy atom. The predicted octanol–water partition coefficient (Wildman–Crippen LogP) is 1.11. The van der Waals surface area contributed by atoms with Crippen LogP contribution in [-0.2, 0) is 6.42 Å². The molecule has 0 radical (unpaired) electrons. The second-order valence-electron chi connectivity index (χ2n) is 6.77. The van der Waals surface area contributed by atoms with Gasteiger partial charge in [0.25, 0.3) is 5.91 Å². The predicted molar refractivity (Wildman–Crippen MR) is 89.5 cm³/mol. The van der Waals surface area contributed by atoms with Crippen LogP contribution in [0.5, 0.6) is 0 Å². The smallest absolute Gasteiger partial charge is 0.273 e. The molecule has 2 aromatic heterocycles. The lowest BCUT2D eigenvalue weighted by atomic mass is 9.92. The first-order valence-electron chi connectivity index (χ1n) is 8.50. The van der Waals surface area contributed by atoms with E-state index >= 15 is 0 Å². The van der Waals surface area contributed by atoms with Crippen molar-refractivity contribution in [1.29, 1.82) is 0 Å². The van der Waals surface area contributed by atoms with Gasteiger partial charge in [0.1, 0.15) is 0 Å². The number of nitrogens with zero attached hydrogens (tertiary/aromatic N) is 4. The highest BCUT2D eigenvalue weighted by Crippen LogP contribution is 2.26. The van der Waals surface area contributed by atoms with Gasteiger partial charge in [0.15, 0.2) is 5.69 Å². The molecule has 1 saturated carbocycles. The molecule has 8 heteroatoms. The number of nitrogens with one attached hydrogen (secondary N) is 2. The van der Waals surface area contributed by atoms with Gasteiger partial charge in [-0.3, -0.25) is 9.89 Å². The minimum absolute atomic E-state index is 0.0296. The zero-order valence-corrected chi connectivity index (χ0v) is 14.2. The monoisotopic (exact) mass is 331 g/mol. The van der Waals surface area contributed by atoms with Crippen molar-refractivity contribution < 1.29 is 4.79 Å². The number of aromatic amines is 1. The first-order chi connectivity index (χ1) is 11.5. The van der Waals surface area contributed by atoms with E-state index < -0.39 is 0 Å². The summed E-state index contributed by atoms with van der Waals surface area (Å²) in [6, 6.07) is 2.53. The van der Waals surface area contributed by atoms with Crippen molar-refractivity contribution >= 4 is 5.91 Å². The van der Waals surface area contributed by atoms with Crippen LogP contribution in [0, 0.1) is 6.92 Å². The van der Waals surface area contributed by atoms with Gasteiger partial charge in [-0.15, -0.1) is 5.10 Å². The third-order valence-electron chi connectivity index (χ3n) is 4.51. The van der Waals surface area contributed by atoms with Crippen LogP contribution in [0.2, 0.25) is 0 Å². The van der Waals surface area contributed by atoms with Gasteiger partial charge in [-0.2, -0.15) is 5.10 Å². The van der Waals surface area contributed by atoms with Crippen LogP contribution in [0.25, 0.3) is 0 Å². The van der Waals surface area contributed by atoms with Gasteiger partial charge >= 0.3 is 0 Å². The van der Waals surface area contributed by atoms with E-state index in [1.165, 1.54) is 0 Å². The number of rotatable bonds is 5. The molecule has 130 valence electrons. The van der Waals surface area contributed by atoms with E-state index in [0.717, 1.165) is 37.1 Å². The van der Waals surface area contributed by atoms with Crippen LogP contribution in [0.4, 0.5) is 0 Å². The molecule has 24 heavy (non-hydrogen) atoms. The number of aromatic nitrogens is 5. The molecule has 8 nitrogen and oxygen atoms in total. The number of hydrogen-bond donors (Lipinski definition) is 3. The lowest BCUT2D eigenvalue weighted by Crippen LogP contribution is -2.34.